The van der Waals surface area contributed by atoms with Crippen molar-refractivity contribution < 1.29 is 4.79 Å². The summed E-state index contributed by atoms with van der Waals surface area (Å²) in [4.78, 5) is 31.2. The van der Waals surface area contributed by atoms with E-state index in [-0.39, 0.29) is 17.9 Å². The second-order valence-electron chi connectivity index (χ2n) is 5.69. The zero-order chi connectivity index (χ0) is 18.0. The van der Waals surface area contributed by atoms with E-state index in [0.29, 0.717) is 17.8 Å². The van der Waals surface area contributed by atoms with E-state index in [9.17, 15) is 9.59 Å². The summed E-state index contributed by atoms with van der Waals surface area (Å²) < 4.78 is 3.75. The Hall–Kier alpha value is -2.00. The van der Waals surface area contributed by atoms with E-state index in [1.165, 1.54) is 16.0 Å². The first-order chi connectivity index (χ1) is 12.0. The fraction of sp³-hybridized carbons (Fsp3) is 0.375. The SMILES string of the molecule is CCCc1cc2c(=O)n(NC(=O)CCn3cc(Br)cn3)c(C)nc2s1. The molecular formula is C16H18BrN5O2S. The van der Waals surface area contributed by atoms with Crippen LogP contribution in [0.25, 0.3) is 10.2 Å². The van der Waals surface area contributed by atoms with Crippen LogP contribution in [0.1, 0.15) is 30.5 Å². The normalized spacial score (nSPS) is 11.2. The lowest BCUT2D eigenvalue weighted by Crippen LogP contribution is -2.35. The molecule has 0 fully saturated rings. The lowest BCUT2D eigenvalue weighted by molar-refractivity contribution is -0.117. The van der Waals surface area contributed by atoms with Crippen molar-refractivity contribution in [2.75, 3.05) is 5.43 Å². The Balaban J connectivity index is 1.78. The van der Waals surface area contributed by atoms with Gasteiger partial charge in [-0.25, -0.2) is 9.66 Å². The van der Waals surface area contributed by atoms with Crippen LogP contribution in [-0.2, 0) is 17.8 Å². The maximum Gasteiger partial charge on any atom is 0.281 e. The van der Waals surface area contributed by atoms with Crippen molar-refractivity contribution in [1.82, 2.24) is 19.4 Å². The van der Waals surface area contributed by atoms with Crippen LogP contribution in [0.5, 0.6) is 0 Å². The molecule has 7 nitrogen and oxygen atoms in total. The molecule has 0 aliphatic rings. The summed E-state index contributed by atoms with van der Waals surface area (Å²) in [6.07, 6.45) is 5.60. The van der Waals surface area contributed by atoms with Crippen LogP contribution in [0.3, 0.4) is 0 Å². The number of fused-ring (bicyclic) bond motifs is 1. The van der Waals surface area contributed by atoms with Crippen molar-refractivity contribution in [3.05, 3.63) is 44.0 Å². The molecule has 0 aliphatic carbocycles. The van der Waals surface area contributed by atoms with E-state index in [1.807, 2.05) is 6.07 Å². The van der Waals surface area contributed by atoms with Crippen molar-refractivity contribution in [2.24, 2.45) is 0 Å². The summed E-state index contributed by atoms with van der Waals surface area (Å²) in [7, 11) is 0. The first kappa shape index (κ1) is 17.8. The van der Waals surface area contributed by atoms with Gasteiger partial charge in [0.05, 0.1) is 16.1 Å². The molecule has 0 aliphatic heterocycles. The monoisotopic (exact) mass is 423 g/mol. The molecule has 3 aromatic heterocycles. The highest BCUT2D eigenvalue weighted by molar-refractivity contribution is 9.10. The summed E-state index contributed by atoms with van der Waals surface area (Å²) >= 11 is 4.85. The number of aromatic nitrogens is 4. The van der Waals surface area contributed by atoms with Gasteiger partial charge in [0.25, 0.3) is 5.56 Å². The van der Waals surface area contributed by atoms with Gasteiger partial charge in [-0.15, -0.1) is 11.3 Å². The molecule has 3 heterocycles. The zero-order valence-electron chi connectivity index (χ0n) is 14.0. The van der Waals surface area contributed by atoms with Crippen molar-refractivity contribution in [3.8, 4) is 0 Å². The molecular weight excluding hydrogens is 406 g/mol. The molecule has 1 N–H and O–H groups in total. The Labute approximate surface area is 156 Å². The van der Waals surface area contributed by atoms with Gasteiger partial charge in [-0.1, -0.05) is 13.3 Å². The van der Waals surface area contributed by atoms with Crippen LogP contribution in [0, 0.1) is 6.92 Å². The van der Waals surface area contributed by atoms with E-state index >= 15 is 0 Å². The standard InChI is InChI=1S/C16H18BrN5O2S/c1-3-4-12-7-13-15(25-12)19-10(2)22(16(13)24)20-14(23)5-6-21-9-11(17)8-18-21/h7-9H,3-6H2,1-2H3,(H,20,23). The minimum Gasteiger partial charge on any atom is -0.273 e. The largest absolute Gasteiger partial charge is 0.281 e. The minimum atomic E-state index is -0.262. The molecule has 25 heavy (non-hydrogen) atoms. The third kappa shape index (κ3) is 3.98. The Morgan fingerprint density at radius 3 is 2.92 bits per heavy atom. The van der Waals surface area contributed by atoms with Gasteiger partial charge in [0.1, 0.15) is 10.7 Å². The van der Waals surface area contributed by atoms with Gasteiger partial charge in [-0.05, 0) is 35.3 Å². The maximum atomic E-state index is 12.7. The number of hydrogen-bond acceptors (Lipinski definition) is 5. The summed E-state index contributed by atoms with van der Waals surface area (Å²) in [5.74, 6) is 0.208. The van der Waals surface area contributed by atoms with Crippen molar-refractivity contribution in [1.29, 1.82) is 0 Å². The van der Waals surface area contributed by atoms with E-state index < -0.39 is 0 Å². The summed E-state index contributed by atoms with van der Waals surface area (Å²) in [5.41, 5.74) is 2.40. The van der Waals surface area contributed by atoms with Gasteiger partial charge in [0.15, 0.2) is 0 Å². The number of aryl methyl sites for hydroxylation is 3. The quantitative estimate of drug-likeness (QED) is 0.660. The van der Waals surface area contributed by atoms with E-state index in [2.05, 4.69) is 38.4 Å². The number of hydrogen-bond donors (Lipinski definition) is 1. The van der Waals surface area contributed by atoms with E-state index in [1.54, 1.807) is 24.0 Å². The third-order valence-electron chi connectivity index (χ3n) is 3.69. The van der Waals surface area contributed by atoms with Gasteiger partial charge in [0.2, 0.25) is 5.91 Å². The Morgan fingerprint density at radius 2 is 2.24 bits per heavy atom. The van der Waals surface area contributed by atoms with Gasteiger partial charge in [0, 0.05) is 24.0 Å². The molecule has 0 unspecified atom stereocenters. The highest BCUT2D eigenvalue weighted by atomic mass is 79.9. The number of halogens is 1. The first-order valence-corrected chi connectivity index (χ1v) is 9.58. The predicted molar refractivity (Wildman–Crippen MR) is 102 cm³/mol. The molecule has 0 saturated heterocycles. The maximum absolute atomic E-state index is 12.7. The van der Waals surface area contributed by atoms with Crippen molar-refractivity contribution in [2.45, 2.75) is 39.7 Å². The molecule has 0 aromatic carbocycles. The van der Waals surface area contributed by atoms with Crippen molar-refractivity contribution in [3.63, 3.8) is 0 Å². The Morgan fingerprint density at radius 1 is 1.44 bits per heavy atom. The molecule has 0 spiro atoms. The van der Waals surface area contributed by atoms with Gasteiger partial charge >= 0.3 is 0 Å². The number of nitrogens with one attached hydrogen (secondary N) is 1. The van der Waals surface area contributed by atoms with Crippen LogP contribution in [0.4, 0.5) is 0 Å². The lowest BCUT2D eigenvalue weighted by atomic mass is 10.2. The molecule has 9 heteroatoms. The van der Waals surface area contributed by atoms with Gasteiger partial charge < -0.3 is 0 Å². The van der Waals surface area contributed by atoms with Crippen LogP contribution in [0.15, 0.2) is 27.7 Å². The van der Waals surface area contributed by atoms with Crippen LogP contribution in [0.2, 0.25) is 0 Å². The molecule has 0 radical (unpaired) electrons. The minimum absolute atomic E-state index is 0.211. The fourth-order valence-electron chi connectivity index (χ4n) is 2.49. The smallest absolute Gasteiger partial charge is 0.273 e. The Bertz CT molecular complexity index is 975. The molecule has 132 valence electrons. The summed E-state index contributed by atoms with van der Waals surface area (Å²) in [6.45, 7) is 4.24. The lowest BCUT2D eigenvalue weighted by Gasteiger charge is -2.10. The van der Waals surface area contributed by atoms with E-state index in [0.717, 1.165) is 27.0 Å². The number of rotatable bonds is 6. The topological polar surface area (TPSA) is 81.8 Å². The van der Waals surface area contributed by atoms with Crippen molar-refractivity contribution >= 4 is 43.4 Å². The average molecular weight is 424 g/mol. The predicted octanol–water partition coefficient (Wildman–Crippen LogP) is 2.84. The number of amides is 1. The molecule has 3 aromatic rings. The number of nitrogens with zero attached hydrogens (tertiary/aromatic N) is 4. The summed E-state index contributed by atoms with van der Waals surface area (Å²) in [6, 6.07) is 1.88. The second-order valence-corrected chi connectivity index (χ2v) is 7.72. The first-order valence-electron chi connectivity index (χ1n) is 7.98. The molecule has 0 bridgehead atoms. The van der Waals surface area contributed by atoms with E-state index in [4.69, 9.17) is 0 Å². The molecule has 1 amide bonds. The molecule has 3 rings (SSSR count). The van der Waals surface area contributed by atoms with Gasteiger partial charge in [-0.3, -0.25) is 19.7 Å². The number of thiophene rings is 1. The molecule has 0 saturated carbocycles. The van der Waals surface area contributed by atoms with Crippen LogP contribution in [-0.4, -0.2) is 25.3 Å². The number of carbonyl (C=O) groups excluding carboxylic acids is 1. The highest BCUT2D eigenvalue weighted by Gasteiger charge is 2.13. The number of carbonyl (C=O) groups is 1. The van der Waals surface area contributed by atoms with Gasteiger partial charge in [-0.2, -0.15) is 5.10 Å². The third-order valence-corrected chi connectivity index (χ3v) is 5.18. The highest BCUT2D eigenvalue weighted by Crippen LogP contribution is 2.22. The zero-order valence-corrected chi connectivity index (χ0v) is 16.4. The van der Waals surface area contributed by atoms with Crippen LogP contribution >= 0.6 is 27.3 Å². The van der Waals surface area contributed by atoms with Crippen LogP contribution < -0.4 is 11.0 Å². The average Bonchev–Trinajstić information content (AvgIpc) is 3.16. The fourth-order valence-corrected chi connectivity index (χ4v) is 3.98. The Kier molecular flexibility index (Phi) is 5.33. The molecule has 0 atom stereocenters. The second kappa shape index (κ2) is 7.49. The summed E-state index contributed by atoms with van der Waals surface area (Å²) in [5, 5.41) is 4.65.